The van der Waals surface area contributed by atoms with Gasteiger partial charge < -0.3 is 9.84 Å². The van der Waals surface area contributed by atoms with Gasteiger partial charge in [0.05, 0.1) is 6.04 Å². The second kappa shape index (κ2) is 5.83. The largest absolute Gasteiger partial charge is 0.476 e. The predicted octanol–water partition coefficient (Wildman–Crippen LogP) is 2.65. The van der Waals surface area contributed by atoms with Crippen LogP contribution in [0.2, 0.25) is 5.02 Å². The molecule has 0 bridgehead atoms. The number of rotatable bonds is 3. The van der Waals surface area contributed by atoms with Crippen LogP contribution in [0.3, 0.4) is 0 Å². The van der Waals surface area contributed by atoms with E-state index in [1.807, 2.05) is 0 Å². The van der Waals surface area contributed by atoms with Gasteiger partial charge in [0.1, 0.15) is 5.69 Å². The first kappa shape index (κ1) is 14.0. The highest BCUT2D eigenvalue weighted by Crippen LogP contribution is 2.30. The lowest BCUT2D eigenvalue weighted by Crippen LogP contribution is -2.21. The minimum atomic E-state index is -1.08. The molecule has 1 aliphatic heterocycles. The number of benzene rings is 1. The number of carbonyl (C=O) groups is 1. The van der Waals surface area contributed by atoms with Gasteiger partial charge in [0, 0.05) is 23.8 Å². The molecular formula is C14H14ClN3O3. The molecule has 0 unspecified atom stereocenters. The zero-order chi connectivity index (χ0) is 14.8. The third kappa shape index (κ3) is 2.77. The van der Waals surface area contributed by atoms with Gasteiger partial charge in [-0.3, -0.25) is 0 Å². The van der Waals surface area contributed by atoms with Gasteiger partial charge in [-0.05, 0) is 25.0 Å². The van der Waals surface area contributed by atoms with Crippen molar-refractivity contribution in [2.45, 2.75) is 18.9 Å². The van der Waals surface area contributed by atoms with Crippen molar-refractivity contribution in [2.24, 2.45) is 0 Å². The second-order valence-electron chi connectivity index (χ2n) is 4.89. The Morgan fingerprint density at radius 3 is 2.57 bits per heavy atom. The van der Waals surface area contributed by atoms with Crippen LogP contribution in [0.5, 0.6) is 0 Å². The van der Waals surface area contributed by atoms with Gasteiger partial charge in [-0.2, -0.15) is 0 Å². The Hall–Kier alpha value is -1.92. The Morgan fingerprint density at radius 2 is 1.95 bits per heavy atom. The average molecular weight is 308 g/mol. The van der Waals surface area contributed by atoms with E-state index in [0.29, 0.717) is 23.9 Å². The summed E-state index contributed by atoms with van der Waals surface area (Å²) in [7, 11) is 0. The zero-order valence-electron chi connectivity index (χ0n) is 11.2. The topological polar surface area (TPSA) is 77.2 Å². The molecule has 0 amide bonds. The maximum Gasteiger partial charge on any atom is 0.358 e. The molecule has 0 atom stereocenters. The number of ether oxygens (including phenoxy) is 1. The summed E-state index contributed by atoms with van der Waals surface area (Å²) in [6.07, 6.45) is 1.59. The number of halogens is 1. The van der Waals surface area contributed by atoms with E-state index in [1.165, 1.54) is 0 Å². The first-order valence-electron chi connectivity index (χ1n) is 6.69. The van der Waals surface area contributed by atoms with Crippen LogP contribution in [0, 0.1) is 0 Å². The van der Waals surface area contributed by atoms with Gasteiger partial charge in [-0.25, -0.2) is 9.48 Å². The Kier molecular flexibility index (Phi) is 3.90. The number of carboxylic acids is 1. The average Bonchev–Trinajstić information content (AvgIpc) is 2.94. The summed E-state index contributed by atoms with van der Waals surface area (Å²) >= 11 is 5.89. The Balaban J connectivity index is 2.08. The quantitative estimate of drug-likeness (QED) is 0.943. The molecule has 21 heavy (non-hydrogen) atoms. The minimum Gasteiger partial charge on any atom is -0.476 e. The fourth-order valence-corrected chi connectivity index (χ4v) is 2.63. The van der Waals surface area contributed by atoms with Crippen LogP contribution in [0.4, 0.5) is 0 Å². The number of aromatic carboxylic acids is 1. The molecule has 2 aromatic rings. The van der Waals surface area contributed by atoms with Crippen molar-refractivity contribution in [1.82, 2.24) is 15.0 Å². The molecule has 0 aliphatic carbocycles. The van der Waals surface area contributed by atoms with E-state index < -0.39 is 5.97 Å². The molecule has 2 heterocycles. The van der Waals surface area contributed by atoms with E-state index >= 15 is 0 Å². The van der Waals surface area contributed by atoms with Crippen molar-refractivity contribution in [3.05, 3.63) is 35.0 Å². The summed E-state index contributed by atoms with van der Waals surface area (Å²) in [6.45, 7) is 1.29. The van der Waals surface area contributed by atoms with Crippen LogP contribution in [0.1, 0.15) is 29.4 Å². The van der Waals surface area contributed by atoms with Gasteiger partial charge >= 0.3 is 5.97 Å². The highest BCUT2D eigenvalue weighted by Gasteiger charge is 2.26. The van der Waals surface area contributed by atoms with Crippen LogP contribution in [0.25, 0.3) is 11.3 Å². The van der Waals surface area contributed by atoms with Gasteiger partial charge in [-0.1, -0.05) is 28.9 Å². The molecule has 1 fully saturated rings. The van der Waals surface area contributed by atoms with Gasteiger partial charge in [-0.15, -0.1) is 5.10 Å². The standard InChI is InChI=1S/C14H14ClN3O3/c15-10-3-1-9(2-4-10)13-12(14(19)20)16-17-18(13)11-5-7-21-8-6-11/h1-4,11H,5-8H2,(H,19,20). The summed E-state index contributed by atoms with van der Waals surface area (Å²) in [5, 5.41) is 17.8. The first-order chi connectivity index (χ1) is 10.2. The normalized spacial score (nSPS) is 16.0. The first-order valence-corrected chi connectivity index (χ1v) is 7.07. The third-order valence-corrected chi connectivity index (χ3v) is 3.80. The Bertz CT molecular complexity index is 648. The molecule has 0 radical (unpaired) electrons. The fourth-order valence-electron chi connectivity index (χ4n) is 2.50. The van der Waals surface area contributed by atoms with Gasteiger partial charge in [0.25, 0.3) is 0 Å². The smallest absolute Gasteiger partial charge is 0.358 e. The molecule has 1 aromatic heterocycles. The van der Waals surface area contributed by atoms with Crippen LogP contribution in [0.15, 0.2) is 24.3 Å². The number of carboxylic acid groups (broad SMARTS) is 1. The molecule has 1 saturated heterocycles. The highest BCUT2D eigenvalue weighted by molar-refractivity contribution is 6.30. The summed E-state index contributed by atoms with van der Waals surface area (Å²) in [6, 6.07) is 7.12. The number of hydrogen-bond donors (Lipinski definition) is 1. The Labute approximate surface area is 126 Å². The van der Waals surface area contributed by atoms with E-state index in [2.05, 4.69) is 10.3 Å². The van der Waals surface area contributed by atoms with E-state index in [0.717, 1.165) is 18.4 Å². The molecule has 0 spiro atoms. The minimum absolute atomic E-state index is 0.0381. The van der Waals surface area contributed by atoms with Crippen molar-refractivity contribution in [3.63, 3.8) is 0 Å². The van der Waals surface area contributed by atoms with E-state index in [4.69, 9.17) is 16.3 Å². The molecule has 6 nitrogen and oxygen atoms in total. The van der Waals surface area contributed by atoms with Crippen molar-refractivity contribution in [3.8, 4) is 11.3 Å². The van der Waals surface area contributed by atoms with Crippen molar-refractivity contribution in [1.29, 1.82) is 0 Å². The Morgan fingerprint density at radius 1 is 1.29 bits per heavy atom. The van der Waals surface area contributed by atoms with Crippen molar-refractivity contribution in [2.75, 3.05) is 13.2 Å². The van der Waals surface area contributed by atoms with Gasteiger partial charge in [0.15, 0.2) is 5.69 Å². The van der Waals surface area contributed by atoms with Crippen molar-refractivity contribution < 1.29 is 14.6 Å². The van der Waals surface area contributed by atoms with Crippen LogP contribution < -0.4 is 0 Å². The highest BCUT2D eigenvalue weighted by atomic mass is 35.5. The maximum atomic E-state index is 11.4. The molecule has 3 rings (SSSR count). The lowest BCUT2D eigenvalue weighted by molar-refractivity contribution is 0.0662. The second-order valence-corrected chi connectivity index (χ2v) is 5.32. The molecular weight excluding hydrogens is 294 g/mol. The number of nitrogens with zero attached hydrogens (tertiary/aromatic N) is 3. The summed E-state index contributed by atoms with van der Waals surface area (Å²) < 4.78 is 7.05. The maximum absolute atomic E-state index is 11.4. The monoisotopic (exact) mass is 307 g/mol. The number of hydrogen-bond acceptors (Lipinski definition) is 4. The fraction of sp³-hybridized carbons (Fsp3) is 0.357. The number of aromatic nitrogens is 3. The van der Waals surface area contributed by atoms with Crippen molar-refractivity contribution >= 4 is 17.6 Å². The van der Waals surface area contributed by atoms with Crippen LogP contribution >= 0.6 is 11.6 Å². The zero-order valence-corrected chi connectivity index (χ0v) is 12.0. The lowest BCUT2D eigenvalue weighted by atomic mass is 10.1. The molecule has 1 aromatic carbocycles. The molecule has 7 heteroatoms. The van der Waals surface area contributed by atoms with Crippen LogP contribution in [-0.2, 0) is 4.74 Å². The molecule has 1 aliphatic rings. The lowest BCUT2D eigenvalue weighted by Gasteiger charge is -2.23. The third-order valence-electron chi connectivity index (χ3n) is 3.55. The summed E-state index contributed by atoms with van der Waals surface area (Å²) in [5.41, 5.74) is 1.23. The summed E-state index contributed by atoms with van der Waals surface area (Å²) in [5.74, 6) is -1.08. The summed E-state index contributed by atoms with van der Waals surface area (Å²) in [4.78, 5) is 11.4. The van der Waals surface area contributed by atoms with Gasteiger partial charge in [0.2, 0.25) is 0 Å². The van der Waals surface area contributed by atoms with Crippen LogP contribution in [-0.4, -0.2) is 39.3 Å². The molecule has 0 saturated carbocycles. The SMILES string of the molecule is O=C(O)c1nnn(C2CCOCC2)c1-c1ccc(Cl)cc1. The molecule has 1 N–H and O–H groups in total. The van der Waals surface area contributed by atoms with E-state index in [9.17, 15) is 9.90 Å². The predicted molar refractivity (Wildman–Crippen MR) is 76.5 cm³/mol. The van der Waals surface area contributed by atoms with E-state index in [1.54, 1.807) is 28.9 Å². The van der Waals surface area contributed by atoms with E-state index in [-0.39, 0.29) is 11.7 Å². The molecule has 110 valence electrons.